The average molecular weight is 380 g/mol. The highest BCUT2D eigenvalue weighted by Gasteiger charge is 2.24. The second-order valence-corrected chi connectivity index (χ2v) is 6.22. The molecule has 0 aromatic heterocycles. The number of nitrogens with one attached hydrogen (secondary N) is 1. The third-order valence-electron chi connectivity index (χ3n) is 4.44. The van der Waals surface area contributed by atoms with Crippen LogP contribution >= 0.6 is 0 Å². The molecule has 2 amide bonds. The smallest absolute Gasteiger partial charge is 0.273 e. The molecule has 0 unspecified atom stereocenters. The van der Waals surface area contributed by atoms with Gasteiger partial charge in [-0.05, 0) is 20.0 Å². The Hall–Kier alpha value is -2.72. The van der Waals surface area contributed by atoms with Gasteiger partial charge in [0.15, 0.2) is 0 Å². The van der Waals surface area contributed by atoms with E-state index in [1.54, 1.807) is 23.8 Å². The van der Waals surface area contributed by atoms with Crippen molar-refractivity contribution in [2.24, 2.45) is 0 Å². The van der Waals surface area contributed by atoms with E-state index in [4.69, 9.17) is 9.47 Å². The number of nitro groups is 1. The van der Waals surface area contributed by atoms with Crippen molar-refractivity contribution in [3.05, 3.63) is 28.3 Å². The van der Waals surface area contributed by atoms with E-state index in [0.29, 0.717) is 32.0 Å². The molecule has 0 bridgehead atoms. The van der Waals surface area contributed by atoms with E-state index in [0.717, 1.165) is 0 Å². The van der Waals surface area contributed by atoms with Crippen LogP contribution in [0, 0.1) is 10.1 Å². The number of hydrogen-bond donors (Lipinski definition) is 1. The van der Waals surface area contributed by atoms with Gasteiger partial charge in [-0.1, -0.05) is 0 Å². The number of nitro benzene ring substituents is 1. The highest BCUT2D eigenvalue weighted by Crippen LogP contribution is 2.29. The van der Waals surface area contributed by atoms with Gasteiger partial charge in [-0.3, -0.25) is 24.6 Å². The zero-order valence-electron chi connectivity index (χ0n) is 15.6. The number of carbonyl (C=O) groups excluding carboxylic acids is 2. The van der Waals surface area contributed by atoms with E-state index < -0.39 is 11.0 Å². The second-order valence-electron chi connectivity index (χ2n) is 6.22. The predicted octanol–water partition coefficient (Wildman–Crippen LogP) is 0.721. The summed E-state index contributed by atoms with van der Waals surface area (Å²) in [5.74, 6) is -0.218. The number of benzene rings is 1. The third-order valence-corrected chi connectivity index (χ3v) is 4.44. The van der Waals surface area contributed by atoms with E-state index in [9.17, 15) is 19.7 Å². The van der Waals surface area contributed by atoms with Gasteiger partial charge in [0.1, 0.15) is 5.75 Å². The number of carbonyl (C=O) groups is 2. The Morgan fingerprint density at radius 3 is 2.67 bits per heavy atom. The molecule has 0 radical (unpaired) electrons. The molecule has 2 rings (SSSR count). The first-order valence-electron chi connectivity index (χ1n) is 8.52. The number of nitrogens with zero attached hydrogens (tertiary/aromatic N) is 3. The summed E-state index contributed by atoms with van der Waals surface area (Å²) in [4.78, 5) is 38.5. The molecular weight excluding hydrogens is 356 g/mol. The second kappa shape index (κ2) is 9.28. The number of methoxy groups -OCH3 is 1. The first-order chi connectivity index (χ1) is 12.8. The van der Waals surface area contributed by atoms with E-state index in [2.05, 4.69) is 5.32 Å². The van der Waals surface area contributed by atoms with Gasteiger partial charge in [0.05, 0.1) is 49.6 Å². The Bertz CT molecular complexity index is 705. The highest BCUT2D eigenvalue weighted by molar-refractivity contribution is 5.96. The molecular formula is C17H24N4O6. The topological polar surface area (TPSA) is 114 Å². The van der Waals surface area contributed by atoms with Crippen molar-refractivity contribution in [1.82, 2.24) is 9.80 Å². The van der Waals surface area contributed by atoms with Crippen LogP contribution in [0.4, 0.5) is 11.4 Å². The van der Waals surface area contributed by atoms with Crippen molar-refractivity contribution in [2.75, 3.05) is 52.3 Å². The molecule has 148 valence electrons. The largest absolute Gasteiger partial charge is 0.494 e. The molecule has 0 saturated carbocycles. The van der Waals surface area contributed by atoms with Crippen molar-refractivity contribution < 1.29 is 24.0 Å². The maximum absolute atomic E-state index is 12.5. The number of likely N-dealkylation sites (N-methyl/N-ethyl adjacent to an activating group) is 1. The minimum atomic E-state index is -0.588. The van der Waals surface area contributed by atoms with Crippen molar-refractivity contribution in [3.8, 4) is 5.75 Å². The number of non-ortho nitro benzene ring substituents is 1. The van der Waals surface area contributed by atoms with Crippen molar-refractivity contribution >= 4 is 23.2 Å². The molecule has 1 aromatic rings. The maximum atomic E-state index is 12.5. The van der Waals surface area contributed by atoms with Crippen LogP contribution in [-0.4, -0.2) is 79.6 Å². The summed E-state index contributed by atoms with van der Waals surface area (Å²) in [5.41, 5.74) is 0.193. The van der Waals surface area contributed by atoms with Gasteiger partial charge in [-0.2, -0.15) is 0 Å². The zero-order chi connectivity index (χ0) is 20.0. The van der Waals surface area contributed by atoms with Crippen molar-refractivity contribution in [2.45, 2.75) is 13.0 Å². The Kier molecular flexibility index (Phi) is 7.08. The van der Waals surface area contributed by atoms with Crippen molar-refractivity contribution in [1.29, 1.82) is 0 Å². The summed E-state index contributed by atoms with van der Waals surface area (Å²) in [6, 6.07) is 3.36. The first kappa shape index (κ1) is 20.6. The molecule has 1 aromatic carbocycles. The highest BCUT2D eigenvalue weighted by atomic mass is 16.6. The normalized spacial score (nSPS) is 15.3. The Morgan fingerprint density at radius 2 is 2.07 bits per heavy atom. The van der Waals surface area contributed by atoms with Crippen LogP contribution in [0.3, 0.4) is 0 Å². The van der Waals surface area contributed by atoms with Crippen LogP contribution < -0.4 is 10.1 Å². The maximum Gasteiger partial charge on any atom is 0.273 e. The lowest BCUT2D eigenvalue weighted by molar-refractivity contribution is -0.384. The van der Waals surface area contributed by atoms with E-state index in [-0.39, 0.29) is 29.8 Å². The van der Waals surface area contributed by atoms with Crippen LogP contribution in [-0.2, 0) is 14.3 Å². The van der Waals surface area contributed by atoms with E-state index >= 15 is 0 Å². The molecule has 1 aliphatic heterocycles. The molecule has 0 aliphatic carbocycles. The summed E-state index contributed by atoms with van der Waals surface area (Å²) in [6.45, 7) is 3.92. The average Bonchev–Trinajstić information content (AvgIpc) is 2.67. The summed E-state index contributed by atoms with van der Waals surface area (Å²) >= 11 is 0. The quantitative estimate of drug-likeness (QED) is 0.547. The molecule has 0 spiro atoms. The van der Waals surface area contributed by atoms with Gasteiger partial charge in [0.2, 0.25) is 11.8 Å². The SMILES string of the molecule is COc1cc([N+](=O)[O-])ccc1NC(=O)[C@H](C)N(C)CC(=O)N1CCOCC1. The number of anilines is 1. The molecule has 10 nitrogen and oxygen atoms in total. The first-order valence-corrected chi connectivity index (χ1v) is 8.52. The summed E-state index contributed by atoms with van der Waals surface area (Å²) in [6.07, 6.45) is 0. The van der Waals surface area contributed by atoms with Crippen molar-refractivity contribution in [3.63, 3.8) is 0 Å². The minimum absolute atomic E-state index is 0.0617. The van der Waals surface area contributed by atoms with Crippen LogP contribution in [0.15, 0.2) is 18.2 Å². The van der Waals surface area contributed by atoms with Crippen LogP contribution in [0.1, 0.15) is 6.92 Å². The number of hydrogen-bond acceptors (Lipinski definition) is 7. The molecule has 1 heterocycles. The lowest BCUT2D eigenvalue weighted by Gasteiger charge is -2.30. The number of rotatable bonds is 7. The summed E-state index contributed by atoms with van der Waals surface area (Å²) in [7, 11) is 3.06. The zero-order valence-corrected chi connectivity index (χ0v) is 15.6. The molecule has 1 N–H and O–H groups in total. The fourth-order valence-corrected chi connectivity index (χ4v) is 2.60. The van der Waals surface area contributed by atoms with Gasteiger partial charge in [-0.15, -0.1) is 0 Å². The molecule has 10 heteroatoms. The summed E-state index contributed by atoms with van der Waals surface area (Å²) < 4.78 is 10.3. The van der Waals surface area contributed by atoms with Gasteiger partial charge in [0, 0.05) is 19.2 Å². The number of ether oxygens (including phenoxy) is 2. The molecule has 1 atom stereocenters. The molecule has 1 aliphatic rings. The monoisotopic (exact) mass is 380 g/mol. The predicted molar refractivity (Wildman–Crippen MR) is 97.8 cm³/mol. The summed E-state index contributed by atoms with van der Waals surface area (Å²) in [5, 5.41) is 13.5. The lowest BCUT2D eigenvalue weighted by atomic mass is 10.2. The Balaban J connectivity index is 1.98. The third kappa shape index (κ3) is 5.38. The fourth-order valence-electron chi connectivity index (χ4n) is 2.60. The molecule has 1 saturated heterocycles. The van der Waals surface area contributed by atoms with Crippen LogP contribution in [0.5, 0.6) is 5.75 Å². The standard InChI is InChI=1S/C17H24N4O6/c1-12(19(2)11-16(22)20-6-8-27-9-7-20)17(23)18-14-5-4-13(21(24)25)10-15(14)26-3/h4-5,10,12H,6-9,11H2,1-3H3,(H,18,23)/t12-/m0/s1. The molecule has 27 heavy (non-hydrogen) atoms. The minimum Gasteiger partial charge on any atom is -0.494 e. The van der Waals surface area contributed by atoms with E-state index in [1.807, 2.05) is 0 Å². The number of morpholine rings is 1. The van der Waals surface area contributed by atoms with Crippen LogP contribution in [0.2, 0.25) is 0 Å². The molecule has 1 fully saturated rings. The van der Waals surface area contributed by atoms with Gasteiger partial charge >= 0.3 is 0 Å². The number of amides is 2. The van der Waals surface area contributed by atoms with Crippen LogP contribution in [0.25, 0.3) is 0 Å². The fraction of sp³-hybridized carbons (Fsp3) is 0.529. The van der Waals surface area contributed by atoms with E-state index in [1.165, 1.54) is 25.3 Å². The van der Waals surface area contributed by atoms with Gasteiger partial charge in [-0.25, -0.2) is 0 Å². The Labute approximate surface area is 157 Å². The lowest BCUT2D eigenvalue weighted by Crippen LogP contribution is -2.48. The van der Waals surface area contributed by atoms with Gasteiger partial charge < -0.3 is 19.7 Å². The Morgan fingerprint density at radius 1 is 1.41 bits per heavy atom. The van der Waals surface area contributed by atoms with Gasteiger partial charge in [0.25, 0.3) is 5.69 Å².